The first-order valence-corrected chi connectivity index (χ1v) is 0. The maximum atomic E-state index is 0. The Labute approximate surface area is 437 Å². The van der Waals surface area contributed by atoms with Gasteiger partial charge in [-0.15, -0.1) is 0 Å². The maximum Gasteiger partial charge on any atom is 0 e. The first kappa shape index (κ1) is 219. The van der Waals surface area contributed by atoms with E-state index < -0.39 is 0 Å². The molecule has 0 radical (unpaired) electrons. The molecule has 0 unspecified atom stereocenters. The van der Waals surface area contributed by atoms with Gasteiger partial charge in [0.05, 0.1) is 0 Å². The average molecular weight is 3880 g/mol. The van der Waals surface area contributed by atoms with Crippen LogP contribution in [-0.2, 0) is 442 Å². The monoisotopic (exact) mass is 3880 g/mol. The Morgan fingerprint density at radius 3 is 0.0909 bits per heavy atom. The second-order valence-corrected chi connectivity index (χ2v) is 0. The molecule has 0 aliphatic heterocycles. The molecule has 0 fully saturated rings. The molecule has 134 valence electrons. The molecule has 0 saturated carbocycles. The van der Waals surface area contributed by atoms with E-state index in [4.69, 9.17) is 0 Å². The van der Waals surface area contributed by atoms with Crippen molar-refractivity contribution in [1.29, 1.82) is 0 Å². The van der Waals surface area contributed by atoms with Crippen LogP contribution < -0.4 is 0 Å². The quantitative estimate of drug-likeness (QED) is 0.309. The topological polar surface area (TPSA) is 0 Å². The molecule has 0 saturated heterocycles. The van der Waals surface area contributed by atoms with E-state index in [0.29, 0.717) is 0 Å². The summed E-state index contributed by atoms with van der Waals surface area (Å²) in [4.78, 5) is 0. The van der Waals surface area contributed by atoms with Crippen molar-refractivity contribution >= 4 is 0 Å². The standard InChI is InChI=1S/CH3.21W/h1H3;;;;;;;;;;;;;;;;;;;;;/q-1;;;;;;;;;;;;;;;;;;;;;. The van der Waals surface area contributed by atoms with E-state index in [1.54, 1.807) is 0 Å². The summed E-state index contributed by atoms with van der Waals surface area (Å²) in [5.74, 6) is 0. The Kier molecular flexibility index (Phi) is 2010. The third-order valence-electron chi connectivity index (χ3n) is 0. The largest absolute Gasteiger partial charge is 0.358 e. The minimum atomic E-state index is 0. The zero-order valence-corrected chi connectivity index (χ0v) is 71.2. The van der Waals surface area contributed by atoms with Crippen molar-refractivity contribution in [1.82, 2.24) is 0 Å². The number of hydrogen-bond acceptors (Lipinski definition) is 0. The van der Waals surface area contributed by atoms with Crippen LogP contribution in [0.1, 0.15) is 0 Å². The summed E-state index contributed by atoms with van der Waals surface area (Å²) >= 11 is 0. The van der Waals surface area contributed by atoms with Crippen molar-refractivity contribution in [2.75, 3.05) is 0 Å². The van der Waals surface area contributed by atoms with Gasteiger partial charge in [-0.25, -0.2) is 0 Å². The fourth-order valence-corrected chi connectivity index (χ4v) is 0. The fraction of sp³-hybridized carbons (Fsp3) is 0. The summed E-state index contributed by atoms with van der Waals surface area (Å²) in [6.45, 7) is 0. The molecule has 0 spiro atoms. The van der Waals surface area contributed by atoms with Gasteiger partial charge in [0.1, 0.15) is 0 Å². The van der Waals surface area contributed by atoms with Crippen LogP contribution in [0.15, 0.2) is 0 Å². The van der Waals surface area contributed by atoms with Crippen LogP contribution in [0.25, 0.3) is 0 Å². The predicted octanol–water partition coefficient (Wildman–Crippen LogP) is 0.398. The van der Waals surface area contributed by atoms with E-state index in [-0.39, 0.29) is 450 Å². The van der Waals surface area contributed by atoms with Gasteiger partial charge in [0.2, 0.25) is 0 Å². The van der Waals surface area contributed by atoms with E-state index in [9.17, 15) is 0 Å². The van der Waals surface area contributed by atoms with Gasteiger partial charge in [-0.3, -0.25) is 0 Å². The van der Waals surface area contributed by atoms with E-state index in [1.165, 1.54) is 0 Å². The molecular weight excluding hydrogens is 3870 g/mol. The molecular formula is CH3W21-. The third-order valence-corrected chi connectivity index (χ3v) is 0. The van der Waals surface area contributed by atoms with Crippen molar-refractivity contribution in [3.8, 4) is 0 Å². The zero-order chi connectivity index (χ0) is 0. The van der Waals surface area contributed by atoms with Crippen LogP contribution in [0.3, 0.4) is 0 Å². The maximum absolute atomic E-state index is 0. The molecule has 0 atom stereocenters. The second-order valence-electron chi connectivity index (χ2n) is 0. The van der Waals surface area contributed by atoms with Gasteiger partial charge in [0, 0.05) is 442 Å². The molecule has 21 heteroatoms. The summed E-state index contributed by atoms with van der Waals surface area (Å²) in [5, 5.41) is 0. The summed E-state index contributed by atoms with van der Waals surface area (Å²) in [7, 11) is 0. The van der Waals surface area contributed by atoms with Gasteiger partial charge in [-0.1, -0.05) is 0 Å². The Morgan fingerprint density at radius 1 is 0.0909 bits per heavy atom. The molecule has 0 aromatic carbocycles. The Bertz CT molecular complexity index is 5.87. The van der Waals surface area contributed by atoms with Gasteiger partial charge in [0.15, 0.2) is 0 Å². The molecule has 0 amide bonds. The van der Waals surface area contributed by atoms with Gasteiger partial charge in [0.25, 0.3) is 0 Å². The summed E-state index contributed by atoms with van der Waals surface area (Å²) in [5.41, 5.74) is 0. The Balaban J connectivity index is 0. The van der Waals surface area contributed by atoms with Crippen LogP contribution in [0.2, 0.25) is 0 Å². The molecule has 0 aliphatic rings. The molecule has 0 bridgehead atoms. The van der Waals surface area contributed by atoms with Crippen molar-refractivity contribution < 1.29 is 442 Å². The molecule has 0 aromatic rings. The van der Waals surface area contributed by atoms with E-state index in [2.05, 4.69) is 0 Å². The summed E-state index contributed by atoms with van der Waals surface area (Å²) in [6.07, 6.45) is 0. The summed E-state index contributed by atoms with van der Waals surface area (Å²) < 4.78 is 0. The van der Waals surface area contributed by atoms with E-state index in [1.807, 2.05) is 0 Å². The van der Waals surface area contributed by atoms with Crippen molar-refractivity contribution in [2.24, 2.45) is 0 Å². The minimum absolute atomic E-state index is 0. The molecule has 0 heterocycles. The Hall–Kier alpha value is 14.5. The third kappa shape index (κ3) is 185. The molecule has 0 aliphatic carbocycles. The Morgan fingerprint density at radius 2 is 0.0909 bits per heavy atom. The smallest absolute Gasteiger partial charge is 0 e. The zero-order valence-electron chi connectivity index (χ0n) is 9.57. The number of rotatable bonds is 0. The van der Waals surface area contributed by atoms with Gasteiger partial charge in [-0.05, 0) is 0 Å². The van der Waals surface area contributed by atoms with Crippen LogP contribution in [0.4, 0.5) is 0 Å². The van der Waals surface area contributed by atoms with Crippen LogP contribution >= 0.6 is 0 Å². The fourth-order valence-electron chi connectivity index (χ4n) is 0. The number of hydrogen-bond donors (Lipinski definition) is 0. The molecule has 0 aromatic heterocycles. The first-order chi connectivity index (χ1) is 0. The SMILES string of the molecule is [CH3-].[W].[W].[W].[W].[W].[W].[W].[W].[W].[W].[W].[W].[W].[W].[W].[W].[W].[W].[W].[W].[W]. The van der Waals surface area contributed by atoms with Crippen LogP contribution in [0.5, 0.6) is 0 Å². The van der Waals surface area contributed by atoms with Crippen LogP contribution in [0, 0.1) is 7.43 Å². The molecule has 0 N–H and O–H groups in total. The van der Waals surface area contributed by atoms with E-state index >= 15 is 0 Å². The van der Waals surface area contributed by atoms with Crippen molar-refractivity contribution in [3.63, 3.8) is 0 Å². The molecule has 0 nitrogen and oxygen atoms in total. The van der Waals surface area contributed by atoms with E-state index in [0.717, 1.165) is 0 Å². The van der Waals surface area contributed by atoms with Crippen LogP contribution in [-0.4, -0.2) is 0 Å². The second kappa shape index (κ2) is 201. The van der Waals surface area contributed by atoms with Crippen molar-refractivity contribution in [2.45, 2.75) is 0 Å². The summed E-state index contributed by atoms with van der Waals surface area (Å²) in [6, 6.07) is 0. The molecule has 22 heavy (non-hydrogen) atoms. The average Bonchev–Trinajstić information content (AvgIpc) is 0. The predicted molar refractivity (Wildman–Crippen MR) is 6.41 cm³/mol. The molecule has 0 rings (SSSR count). The van der Waals surface area contributed by atoms with Gasteiger partial charge in [-0.2, -0.15) is 0 Å². The van der Waals surface area contributed by atoms with Crippen molar-refractivity contribution in [3.05, 3.63) is 7.43 Å². The normalized spacial score (nSPS) is 0. The minimum Gasteiger partial charge on any atom is -0.358 e. The van der Waals surface area contributed by atoms with Gasteiger partial charge < -0.3 is 7.43 Å². The first-order valence-electron chi connectivity index (χ1n) is 0. The van der Waals surface area contributed by atoms with Gasteiger partial charge >= 0.3 is 0 Å².